The molecular weight excluding hydrogens is 307 g/mol. The van der Waals surface area contributed by atoms with E-state index in [1.165, 1.54) is 17.0 Å². The number of amides is 2. The summed E-state index contributed by atoms with van der Waals surface area (Å²) in [5, 5.41) is 2.82. The van der Waals surface area contributed by atoms with E-state index in [2.05, 4.69) is 5.32 Å². The van der Waals surface area contributed by atoms with Crippen molar-refractivity contribution in [3.05, 3.63) is 65.0 Å². The van der Waals surface area contributed by atoms with Crippen LogP contribution in [0, 0.1) is 19.7 Å². The van der Waals surface area contributed by atoms with Gasteiger partial charge in [-0.1, -0.05) is 24.3 Å². The molecule has 0 aliphatic rings. The average molecular weight is 328 g/mol. The molecule has 2 rings (SSSR count). The number of rotatable bonds is 5. The molecule has 0 atom stereocenters. The highest BCUT2D eigenvalue weighted by Gasteiger charge is 2.14. The number of carbonyl (C=O) groups is 2. The lowest BCUT2D eigenvalue weighted by Crippen LogP contribution is -2.35. The predicted molar refractivity (Wildman–Crippen MR) is 92.3 cm³/mol. The van der Waals surface area contributed by atoms with Crippen LogP contribution in [0.2, 0.25) is 0 Å². The van der Waals surface area contributed by atoms with Crippen LogP contribution in [-0.2, 0) is 16.0 Å². The molecule has 0 spiro atoms. The number of anilines is 1. The topological polar surface area (TPSA) is 49.4 Å². The molecule has 4 nitrogen and oxygen atoms in total. The van der Waals surface area contributed by atoms with Crippen molar-refractivity contribution in [3.8, 4) is 0 Å². The Kier molecular flexibility index (Phi) is 5.68. The van der Waals surface area contributed by atoms with Crippen molar-refractivity contribution in [2.75, 3.05) is 18.9 Å². The summed E-state index contributed by atoms with van der Waals surface area (Å²) in [5.74, 6) is -0.883. The Balaban J connectivity index is 1.93. The lowest BCUT2D eigenvalue weighted by atomic mass is 10.1. The first-order valence-corrected chi connectivity index (χ1v) is 7.71. The van der Waals surface area contributed by atoms with E-state index in [9.17, 15) is 14.0 Å². The first-order valence-electron chi connectivity index (χ1n) is 7.71. The van der Waals surface area contributed by atoms with Crippen molar-refractivity contribution in [3.63, 3.8) is 0 Å². The van der Waals surface area contributed by atoms with Gasteiger partial charge < -0.3 is 10.2 Å². The van der Waals surface area contributed by atoms with Crippen molar-refractivity contribution < 1.29 is 14.0 Å². The summed E-state index contributed by atoms with van der Waals surface area (Å²) >= 11 is 0. The minimum Gasteiger partial charge on any atom is -0.336 e. The van der Waals surface area contributed by atoms with E-state index in [0.29, 0.717) is 5.56 Å². The van der Waals surface area contributed by atoms with E-state index in [4.69, 9.17) is 0 Å². The van der Waals surface area contributed by atoms with Crippen LogP contribution in [-0.4, -0.2) is 30.3 Å². The predicted octanol–water partition coefficient (Wildman–Crippen LogP) is 3.08. The first kappa shape index (κ1) is 17.7. The zero-order valence-electron chi connectivity index (χ0n) is 14.1. The van der Waals surface area contributed by atoms with Crippen molar-refractivity contribution in [1.29, 1.82) is 0 Å². The van der Waals surface area contributed by atoms with Gasteiger partial charge in [0.1, 0.15) is 5.82 Å². The van der Waals surface area contributed by atoms with Crippen LogP contribution < -0.4 is 5.32 Å². The quantitative estimate of drug-likeness (QED) is 0.917. The molecule has 0 saturated heterocycles. The molecule has 0 heterocycles. The molecule has 1 N–H and O–H groups in total. The van der Waals surface area contributed by atoms with Gasteiger partial charge in [-0.2, -0.15) is 0 Å². The second-order valence-electron chi connectivity index (χ2n) is 5.85. The van der Waals surface area contributed by atoms with E-state index in [-0.39, 0.29) is 30.6 Å². The number of likely N-dealkylation sites (N-methyl/N-ethyl adjacent to an activating group) is 1. The molecule has 0 unspecified atom stereocenters. The summed E-state index contributed by atoms with van der Waals surface area (Å²) in [5.41, 5.74) is 3.41. The minimum atomic E-state index is -0.379. The maximum Gasteiger partial charge on any atom is 0.243 e. The third-order valence-electron chi connectivity index (χ3n) is 3.93. The number of carbonyl (C=O) groups excluding carboxylic acids is 2. The summed E-state index contributed by atoms with van der Waals surface area (Å²) in [6, 6.07) is 11.6. The normalized spacial score (nSPS) is 10.3. The Morgan fingerprint density at radius 1 is 1.12 bits per heavy atom. The number of nitrogens with zero attached hydrogens (tertiary/aromatic N) is 1. The number of nitrogens with one attached hydrogen (secondary N) is 1. The van der Waals surface area contributed by atoms with E-state index >= 15 is 0 Å². The smallest absolute Gasteiger partial charge is 0.243 e. The van der Waals surface area contributed by atoms with Gasteiger partial charge in [-0.25, -0.2) is 4.39 Å². The number of benzene rings is 2. The third kappa shape index (κ3) is 4.65. The Labute approximate surface area is 141 Å². The number of hydrogen-bond donors (Lipinski definition) is 1. The lowest BCUT2D eigenvalue weighted by molar-refractivity contribution is -0.132. The molecule has 2 amide bonds. The van der Waals surface area contributed by atoms with Gasteiger partial charge in [0.05, 0.1) is 13.0 Å². The molecule has 0 saturated carbocycles. The highest BCUT2D eigenvalue weighted by atomic mass is 19.1. The fourth-order valence-electron chi connectivity index (χ4n) is 2.34. The SMILES string of the molecule is Cc1cccc(NC(=O)CN(C)C(=O)Cc2cccc(F)c2)c1C. The van der Waals surface area contributed by atoms with Crippen molar-refractivity contribution >= 4 is 17.5 Å². The molecule has 0 radical (unpaired) electrons. The molecular formula is C19H21FN2O2. The van der Waals surface area contributed by atoms with Gasteiger partial charge in [-0.05, 0) is 48.7 Å². The molecule has 0 fully saturated rings. The maximum absolute atomic E-state index is 13.2. The van der Waals surface area contributed by atoms with E-state index in [1.54, 1.807) is 19.2 Å². The van der Waals surface area contributed by atoms with Crippen LogP contribution in [0.3, 0.4) is 0 Å². The number of aryl methyl sites for hydroxylation is 1. The van der Waals surface area contributed by atoms with Crippen LogP contribution in [0.5, 0.6) is 0 Å². The largest absolute Gasteiger partial charge is 0.336 e. The zero-order valence-corrected chi connectivity index (χ0v) is 14.1. The highest BCUT2D eigenvalue weighted by Crippen LogP contribution is 2.17. The van der Waals surface area contributed by atoms with Gasteiger partial charge in [0.2, 0.25) is 11.8 Å². The molecule has 0 bridgehead atoms. The molecule has 126 valence electrons. The van der Waals surface area contributed by atoms with Crippen LogP contribution in [0.1, 0.15) is 16.7 Å². The van der Waals surface area contributed by atoms with Gasteiger partial charge >= 0.3 is 0 Å². The number of halogens is 1. The lowest BCUT2D eigenvalue weighted by Gasteiger charge is -2.18. The molecule has 0 aromatic heterocycles. The van der Waals surface area contributed by atoms with Gasteiger partial charge in [0.15, 0.2) is 0 Å². The van der Waals surface area contributed by atoms with Crippen LogP contribution in [0.15, 0.2) is 42.5 Å². The van der Waals surface area contributed by atoms with Gasteiger partial charge in [-0.3, -0.25) is 9.59 Å². The van der Waals surface area contributed by atoms with Gasteiger partial charge in [0, 0.05) is 12.7 Å². The fraction of sp³-hybridized carbons (Fsp3) is 0.263. The highest BCUT2D eigenvalue weighted by molar-refractivity contribution is 5.95. The van der Waals surface area contributed by atoms with Crippen LogP contribution in [0.4, 0.5) is 10.1 Å². The fourth-order valence-corrected chi connectivity index (χ4v) is 2.34. The number of hydrogen-bond acceptors (Lipinski definition) is 2. The zero-order chi connectivity index (χ0) is 17.7. The van der Waals surface area contributed by atoms with Crippen LogP contribution >= 0.6 is 0 Å². The summed E-state index contributed by atoms with van der Waals surface area (Å²) in [7, 11) is 1.56. The van der Waals surface area contributed by atoms with E-state index < -0.39 is 0 Å². The Hall–Kier alpha value is -2.69. The molecule has 0 aliphatic carbocycles. The van der Waals surface area contributed by atoms with Crippen molar-refractivity contribution in [1.82, 2.24) is 4.90 Å². The molecule has 0 aliphatic heterocycles. The van der Waals surface area contributed by atoms with Crippen LogP contribution in [0.25, 0.3) is 0 Å². The molecule has 2 aromatic carbocycles. The summed E-state index contributed by atoms with van der Waals surface area (Å²) in [4.78, 5) is 25.6. The van der Waals surface area contributed by atoms with Gasteiger partial charge in [-0.15, -0.1) is 0 Å². The average Bonchev–Trinajstić information content (AvgIpc) is 2.51. The minimum absolute atomic E-state index is 0.0540. The second-order valence-corrected chi connectivity index (χ2v) is 5.85. The second kappa shape index (κ2) is 7.73. The Morgan fingerprint density at radius 2 is 1.83 bits per heavy atom. The van der Waals surface area contributed by atoms with Crippen molar-refractivity contribution in [2.24, 2.45) is 0 Å². The summed E-state index contributed by atoms with van der Waals surface area (Å²) in [6.07, 6.45) is 0.0605. The van der Waals surface area contributed by atoms with E-state index in [1.807, 2.05) is 32.0 Å². The molecule has 2 aromatic rings. The Bertz CT molecular complexity index is 759. The maximum atomic E-state index is 13.2. The van der Waals surface area contributed by atoms with Gasteiger partial charge in [0.25, 0.3) is 0 Å². The third-order valence-corrected chi connectivity index (χ3v) is 3.93. The van der Waals surface area contributed by atoms with E-state index in [0.717, 1.165) is 16.8 Å². The molecule has 24 heavy (non-hydrogen) atoms. The van der Waals surface area contributed by atoms with Crippen molar-refractivity contribution in [2.45, 2.75) is 20.3 Å². The summed E-state index contributed by atoms with van der Waals surface area (Å²) in [6.45, 7) is 3.85. The molecule has 5 heteroatoms. The Morgan fingerprint density at radius 3 is 2.54 bits per heavy atom. The monoisotopic (exact) mass is 328 g/mol. The summed E-state index contributed by atoms with van der Waals surface area (Å²) < 4.78 is 13.2. The standard InChI is InChI=1S/C19H21FN2O2/c1-13-6-4-9-17(14(13)2)21-18(23)12-22(3)19(24)11-15-7-5-8-16(20)10-15/h4-10H,11-12H2,1-3H3,(H,21,23). The first-order chi connectivity index (χ1) is 11.4.